The van der Waals surface area contributed by atoms with Gasteiger partial charge in [-0.1, -0.05) is 17.7 Å². The molecule has 6 heteroatoms. The van der Waals surface area contributed by atoms with Crippen LogP contribution in [-0.2, 0) is 11.3 Å². The Hall–Kier alpha value is -2.40. The summed E-state index contributed by atoms with van der Waals surface area (Å²) in [6.45, 7) is 0.0883. The maximum absolute atomic E-state index is 11.0. The van der Waals surface area contributed by atoms with E-state index in [-0.39, 0.29) is 24.6 Å². The van der Waals surface area contributed by atoms with E-state index in [1.54, 1.807) is 35.2 Å². The van der Waals surface area contributed by atoms with Gasteiger partial charge in [-0.15, -0.1) is 0 Å². The Morgan fingerprint density at radius 3 is 2.29 bits per heavy atom. The van der Waals surface area contributed by atoms with Crippen LogP contribution >= 0.6 is 11.6 Å². The molecule has 2 aromatic rings. The molecule has 0 aromatic heterocycles. The van der Waals surface area contributed by atoms with Crippen molar-refractivity contribution >= 4 is 23.3 Å². The number of carboxylic acid groups (broad SMARTS) is 1. The van der Waals surface area contributed by atoms with E-state index in [1.807, 2.05) is 0 Å². The molecular weight excluding hydrogens is 294 g/mol. The fourth-order valence-corrected chi connectivity index (χ4v) is 2.07. The lowest BCUT2D eigenvalue weighted by molar-refractivity contribution is -0.135. The number of carboxylic acids is 1. The Labute approximate surface area is 126 Å². The highest BCUT2D eigenvalue weighted by molar-refractivity contribution is 6.30. The van der Waals surface area contributed by atoms with Gasteiger partial charge < -0.3 is 20.2 Å². The third kappa shape index (κ3) is 4.03. The van der Waals surface area contributed by atoms with Crippen LogP contribution in [0.2, 0.25) is 5.02 Å². The normalized spacial score (nSPS) is 10.3. The molecule has 2 aromatic carbocycles. The molecule has 0 atom stereocenters. The van der Waals surface area contributed by atoms with Crippen LogP contribution in [0, 0.1) is 0 Å². The van der Waals surface area contributed by atoms with Crippen molar-refractivity contribution < 1.29 is 20.1 Å². The van der Waals surface area contributed by atoms with Gasteiger partial charge in [-0.3, -0.25) is 4.79 Å². The van der Waals surface area contributed by atoms with Crippen molar-refractivity contribution in [3.05, 3.63) is 53.1 Å². The van der Waals surface area contributed by atoms with Gasteiger partial charge in [0, 0.05) is 17.3 Å². The molecule has 0 saturated carbocycles. The molecule has 0 aliphatic rings. The topological polar surface area (TPSA) is 81.0 Å². The molecular formula is C15H14ClNO4. The van der Waals surface area contributed by atoms with E-state index in [4.69, 9.17) is 16.7 Å². The molecule has 2 rings (SSSR count). The van der Waals surface area contributed by atoms with Crippen LogP contribution in [0.1, 0.15) is 5.56 Å². The molecule has 0 amide bonds. The number of halogens is 1. The number of aliphatic carboxylic acids is 1. The smallest absolute Gasteiger partial charge is 0.323 e. The molecule has 0 aliphatic carbocycles. The summed E-state index contributed by atoms with van der Waals surface area (Å²) in [5.41, 5.74) is 1.39. The molecule has 110 valence electrons. The lowest BCUT2D eigenvalue weighted by atomic mass is 10.1. The molecule has 0 bridgehead atoms. The largest absolute Gasteiger partial charge is 0.504 e. The van der Waals surface area contributed by atoms with Gasteiger partial charge in [-0.2, -0.15) is 0 Å². The Bertz CT molecular complexity index is 643. The molecule has 0 spiro atoms. The zero-order valence-electron chi connectivity index (χ0n) is 11.0. The quantitative estimate of drug-likeness (QED) is 0.740. The average molecular weight is 308 g/mol. The van der Waals surface area contributed by atoms with Gasteiger partial charge >= 0.3 is 5.97 Å². The van der Waals surface area contributed by atoms with Crippen molar-refractivity contribution in [1.82, 2.24) is 0 Å². The first-order valence-electron chi connectivity index (χ1n) is 6.19. The zero-order valence-corrected chi connectivity index (χ0v) is 11.8. The fraction of sp³-hybridized carbons (Fsp3) is 0.133. The van der Waals surface area contributed by atoms with Crippen molar-refractivity contribution in [2.45, 2.75) is 6.54 Å². The minimum absolute atomic E-state index is 0.191. The molecule has 5 nitrogen and oxygen atoms in total. The standard InChI is InChI=1S/C15H14ClNO4/c16-11-2-4-12(5-3-11)17(9-15(20)21)8-10-1-6-13(18)14(19)7-10/h1-7,18-19H,8-9H2,(H,20,21). The number of nitrogens with zero attached hydrogens (tertiary/aromatic N) is 1. The van der Waals surface area contributed by atoms with Crippen molar-refractivity contribution in [2.24, 2.45) is 0 Å². The van der Waals surface area contributed by atoms with Crippen LogP contribution in [-0.4, -0.2) is 27.8 Å². The number of anilines is 1. The minimum atomic E-state index is -0.965. The second-order valence-electron chi connectivity index (χ2n) is 4.55. The predicted molar refractivity (Wildman–Crippen MR) is 79.9 cm³/mol. The lowest BCUT2D eigenvalue weighted by Crippen LogP contribution is -2.29. The maximum atomic E-state index is 11.0. The maximum Gasteiger partial charge on any atom is 0.323 e. The summed E-state index contributed by atoms with van der Waals surface area (Å²) in [6, 6.07) is 11.2. The Balaban J connectivity index is 2.25. The molecule has 0 heterocycles. The number of carbonyl (C=O) groups is 1. The fourth-order valence-electron chi connectivity index (χ4n) is 1.94. The van der Waals surface area contributed by atoms with Gasteiger partial charge in [0.15, 0.2) is 11.5 Å². The van der Waals surface area contributed by atoms with E-state index in [1.165, 1.54) is 12.1 Å². The summed E-state index contributed by atoms with van der Waals surface area (Å²) < 4.78 is 0. The molecule has 3 N–H and O–H groups in total. The number of aromatic hydroxyl groups is 2. The number of benzene rings is 2. The highest BCUT2D eigenvalue weighted by atomic mass is 35.5. The van der Waals surface area contributed by atoms with E-state index >= 15 is 0 Å². The van der Waals surface area contributed by atoms with Gasteiger partial charge in [-0.25, -0.2) is 0 Å². The number of phenolic OH excluding ortho intramolecular Hbond substituents is 2. The van der Waals surface area contributed by atoms with Gasteiger partial charge in [0.25, 0.3) is 0 Å². The molecule has 21 heavy (non-hydrogen) atoms. The van der Waals surface area contributed by atoms with Crippen molar-refractivity contribution in [3.8, 4) is 11.5 Å². The van der Waals surface area contributed by atoms with Crippen molar-refractivity contribution in [2.75, 3.05) is 11.4 Å². The van der Waals surface area contributed by atoms with Crippen LogP contribution in [0.25, 0.3) is 0 Å². The Kier molecular flexibility index (Phi) is 4.55. The summed E-state index contributed by atoms with van der Waals surface area (Å²) in [7, 11) is 0. The van der Waals surface area contributed by atoms with Crippen molar-refractivity contribution in [1.29, 1.82) is 0 Å². The monoisotopic (exact) mass is 307 g/mol. The van der Waals surface area contributed by atoms with Crippen LogP contribution < -0.4 is 4.90 Å². The summed E-state index contributed by atoms with van der Waals surface area (Å²) in [4.78, 5) is 12.6. The first-order chi connectivity index (χ1) is 9.95. The second kappa shape index (κ2) is 6.37. The van der Waals surface area contributed by atoms with Crippen molar-refractivity contribution in [3.63, 3.8) is 0 Å². The lowest BCUT2D eigenvalue weighted by Gasteiger charge is -2.23. The highest BCUT2D eigenvalue weighted by Crippen LogP contribution is 2.27. The predicted octanol–water partition coefficient (Wildman–Crippen LogP) is 2.84. The van der Waals surface area contributed by atoms with E-state index < -0.39 is 5.97 Å². The SMILES string of the molecule is O=C(O)CN(Cc1ccc(O)c(O)c1)c1ccc(Cl)cc1. The number of phenols is 2. The highest BCUT2D eigenvalue weighted by Gasteiger charge is 2.12. The summed E-state index contributed by atoms with van der Waals surface area (Å²) in [5.74, 6) is -1.41. The second-order valence-corrected chi connectivity index (χ2v) is 4.99. The van der Waals surface area contributed by atoms with Gasteiger partial charge in [0.1, 0.15) is 6.54 Å². The molecule has 0 aliphatic heterocycles. The van der Waals surface area contributed by atoms with Gasteiger partial charge in [-0.05, 0) is 42.0 Å². The van der Waals surface area contributed by atoms with Gasteiger partial charge in [0.2, 0.25) is 0 Å². The summed E-state index contributed by atoms with van der Waals surface area (Å²) in [5, 5.41) is 28.4. The van der Waals surface area contributed by atoms with Crippen LogP contribution in [0.5, 0.6) is 11.5 Å². The number of hydrogen-bond acceptors (Lipinski definition) is 4. The van der Waals surface area contributed by atoms with E-state index in [0.29, 0.717) is 16.3 Å². The summed E-state index contributed by atoms with van der Waals surface area (Å²) in [6.07, 6.45) is 0. The van der Waals surface area contributed by atoms with Crippen LogP contribution in [0.15, 0.2) is 42.5 Å². The van der Waals surface area contributed by atoms with E-state index in [9.17, 15) is 15.0 Å². The number of hydrogen-bond donors (Lipinski definition) is 3. The molecule has 0 fully saturated rings. The summed E-state index contributed by atoms with van der Waals surface area (Å²) >= 11 is 5.82. The minimum Gasteiger partial charge on any atom is -0.504 e. The Morgan fingerprint density at radius 2 is 1.71 bits per heavy atom. The average Bonchev–Trinajstić information content (AvgIpc) is 2.42. The zero-order chi connectivity index (χ0) is 15.4. The van der Waals surface area contributed by atoms with E-state index in [2.05, 4.69) is 0 Å². The first-order valence-corrected chi connectivity index (χ1v) is 6.56. The molecule has 0 saturated heterocycles. The molecule has 0 unspecified atom stereocenters. The van der Waals surface area contributed by atoms with Crippen LogP contribution in [0.3, 0.4) is 0 Å². The molecule has 0 radical (unpaired) electrons. The number of rotatable bonds is 5. The third-order valence-electron chi connectivity index (χ3n) is 2.93. The van der Waals surface area contributed by atoms with Gasteiger partial charge in [0.05, 0.1) is 0 Å². The van der Waals surface area contributed by atoms with Crippen LogP contribution in [0.4, 0.5) is 5.69 Å². The van der Waals surface area contributed by atoms with E-state index in [0.717, 1.165) is 0 Å². The third-order valence-corrected chi connectivity index (χ3v) is 3.18. The Morgan fingerprint density at radius 1 is 1.05 bits per heavy atom. The first kappa shape index (κ1) is 15.0.